The second-order valence-corrected chi connectivity index (χ2v) is 4.46. The van der Waals surface area contributed by atoms with Gasteiger partial charge in [0.25, 0.3) is 0 Å². The molecule has 0 bridgehead atoms. The lowest BCUT2D eigenvalue weighted by Gasteiger charge is -2.29. The highest BCUT2D eigenvalue weighted by Gasteiger charge is 2.38. The molecule has 1 aromatic heterocycles. The molecule has 0 atom stereocenters. The number of Topliss-reactive ketones (excluding diaryl/α,β-unsaturated/α-hetero) is 1. The minimum Gasteiger partial charge on any atom is -0.461 e. The molecule has 18 heavy (non-hydrogen) atoms. The molecule has 0 saturated heterocycles. The molecule has 1 aromatic carbocycles. The van der Waals surface area contributed by atoms with E-state index in [1.54, 1.807) is 18.4 Å². The van der Waals surface area contributed by atoms with Gasteiger partial charge in [-0.05, 0) is 30.5 Å². The Labute approximate surface area is 108 Å². The van der Waals surface area contributed by atoms with Gasteiger partial charge in [-0.1, -0.05) is 44.2 Å². The molecule has 94 valence electrons. The third-order valence-electron chi connectivity index (χ3n) is 3.71. The summed E-state index contributed by atoms with van der Waals surface area (Å²) in [4.78, 5) is 12.7. The minimum atomic E-state index is -0.473. The number of carbonyl (C=O) groups is 1. The molecular formula is C16H18O2. The number of carbonyl (C=O) groups excluding carboxylic acids is 1. The Morgan fingerprint density at radius 3 is 2.22 bits per heavy atom. The first-order chi connectivity index (χ1) is 8.74. The zero-order chi connectivity index (χ0) is 13.0. The summed E-state index contributed by atoms with van der Waals surface area (Å²) in [6, 6.07) is 13.5. The predicted octanol–water partition coefficient (Wildman–Crippen LogP) is 4.22. The van der Waals surface area contributed by atoms with Crippen LogP contribution in [0.5, 0.6) is 0 Å². The number of furan rings is 1. The molecule has 0 aliphatic heterocycles. The lowest BCUT2D eigenvalue weighted by Crippen LogP contribution is -2.34. The first kappa shape index (κ1) is 12.6. The van der Waals surface area contributed by atoms with Crippen LogP contribution in [0, 0.1) is 0 Å². The van der Waals surface area contributed by atoms with Crippen LogP contribution in [0.25, 0.3) is 0 Å². The van der Waals surface area contributed by atoms with E-state index >= 15 is 0 Å². The monoisotopic (exact) mass is 242 g/mol. The van der Waals surface area contributed by atoms with Crippen LogP contribution >= 0.6 is 0 Å². The lowest BCUT2D eigenvalue weighted by atomic mass is 9.72. The van der Waals surface area contributed by atoms with E-state index in [1.807, 2.05) is 30.3 Å². The molecule has 1 heterocycles. The Kier molecular flexibility index (Phi) is 3.66. The molecule has 2 nitrogen and oxygen atoms in total. The van der Waals surface area contributed by atoms with Gasteiger partial charge >= 0.3 is 0 Å². The zero-order valence-electron chi connectivity index (χ0n) is 10.8. The first-order valence-corrected chi connectivity index (χ1v) is 6.38. The maximum absolute atomic E-state index is 12.7. The largest absolute Gasteiger partial charge is 0.461 e. The Morgan fingerprint density at radius 1 is 1.06 bits per heavy atom. The van der Waals surface area contributed by atoms with Gasteiger partial charge in [0.05, 0.1) is 11.7 Å². The summed E-state index contributed by atoms with van der Waals surface area (Å²) in [5.41, 5.74) is 0.593. The molecule has 0 radical (unpaired) electrons. The van der Waals surface area contributed by atoms with Gasteiger partial charge in [0.1, 0.15) is 0 Å². The molecular weight excluding hydrogens is 224 g/mol. The fraction of sp³-hybridized carbons (Fsp3) is 0.312. The van der Waals surface area contributed by atoms with E-state index in [4.69, 9.17) is 4.42 Å². The molecule has 2 rings (SSSR count). The molecule has 0 aliphatic carbocycles. The molecule has 2 heteroatoms. The minimum absolute atomic E-state index is 0.0729. The Bertz CT molecular complexity index is 493. The molecule has 0 N–H and O–H groups in total. The summed E-state index contributed by atoms with van der Waals surface area (Å²) < 4.78 is 5.28. The molecule has 0 fully saturated rings. The van der Waals surface area contributed by atoms with Gasteiger partial charge < -0.3 is 4.42 Å². The Hall–Kier alpha value is -1.83. The summed E-state index contributed by atoms with van der Waals surface area (Å²) in [6.07, 6.45) is 3.09. The summed E-state index contributed by atoms with van der Waals surface area (Å²) in [5.74, 6) is 0.520. The van der Waals surface area contributed by atoms with Crippen molar-refractivity contribution in [2.75, 3.05) is 0 Å². The van der Waals surface area contributed by atoms with E-state index in [2.05, 4.69) is 13.8 Å². The molecule has 0 aliphatic rings. The van der Waals surface area contributed by atoms with Crippen LogP contribution in [-0.4, -0.2) is 5.78 Å². The van der Waals surface area contributed by atoms with Crippen LogP contribution < -0.4 is 0 Å². The van der Waals surface area contributed by atoms with E-state index < -0.39 is 5.41 Å². The fourth-order valence-electron chi connectivity index (χ4n) is 2.51. The van der Waals surface area contributed by atoms with E-state index in [0.29, 0.717) is 5.76 Å². The second kappa shape index (κ2) is 5.21. The van der Waals surface area contributed by atoms with Crippen molar-refractivity contribution in [2.24, 2.45) is 0 Å². The zero-order valence-corrected chi connectivity index (χ0v) is 10.8. The fourth-order valence-corrected chi connectivity index (χ4v) is 2.51. The second-order valence-electron chi connectivity index (χ2n) is 4.46. The van der Waals surface area contributed by atoms with Crippen molar-refractivity contribution in [2.45, 2.75) is 32.1 Å². The van der Waals surface area contributed by atoms with Crippen LogP contribution in [0.15, 0.2) is 53.1 Å². The van der Waals surface area contributed by atoms with Gasteiger partial charge in [0.15, 0.2) is 5.76 Å². The Morgan fingerprint density at radius 2 is 1.72 bits per heavy atom. The topological polar surface area (TPSA) is 30.2 Å². The van der Waals surface area contributed by atoms with Crippen LogP contribution in [0.4, 0.5) is 0 Å². The quantitative estimate of drug-likeness (QED) is 0.735. The maximum atomic E-state index is 12.7. The van der Waals surface area contributed by atoms with Crippen molar-refractivity contribution >= 4 is 5.78 Å². The number of benzene rings is 1. The van der Waals surface area contributed by atoms with Crippen molar-refractivity contribution in [1.29, 1.82) is 0 Å². The molecule has 0 unspecified atom stereocenters. The van der Waals surface area contributed by atoms with Crippen molar-refractivity contribution < 1.29 is 9.21 Å². The number of rotatable bonds is 5. The van der Waals surface area contributed by atoms with Gasteiger partial charge in [-0.2, -0.15) is 0 Å². The van der Waals surface area contributed by atoms with E-state index in [0.717, 1.165) is 18.4 Å². The molecule has 0 saturated carbocycles. The third-order valence-corrected chi connectivity index (χ3v) is 3.71. The van der Waals surface area contributed by atoms with Crippen molar-refractivity contribution in [3.05, 3.63) is 60.1 Å². The van der Waals surface area contributed by atoms with E-state index in [1.165, 1.54) is 0 Å². The number of hydrogen-bond donors (Lipinski definition) is 0. The third kappa shape index (κ3) is 1.99. The SMILES string of the molecule is CCC(CC)(C(=O)c1ccco1)c1ccccc1. The molecule has 2 aromatic rings. The van der Waals surface area contributed by atoms with Crippen LogP contribution in [0.3, 0.4) is 0 Å². The lowest BCUT2D eigenvalue weighted by molar-refractivity contribution is 0.0843. The predicted molar refractivity (Wildman–Crippen MR) is 71.7 cm³/mol. The van der Waals surface area contributed by atoms with Gasteiger partial charge in [0, 0.05) is 0 Å². The molecule has 0 amide bonds. The summed E-state index contributed by atoms with van der Waals surface area (Å²) >= 11 is 0. The van der Waals surface area contributed by atoms with Crippen molar-refractivity contribution in [1.82, 2.24) is 0 Å². The number of hydrogen-bond acceptors (Lipinski definition) is 2. The smallest absolute Gasteiger partial charge is 0.208 e. The molecule has 0 spiro atoms. The highest BCUT2D eigenvalue weighted by molar-refractivity contribution is 6.02. The number of ketones is 1. The van der Waals surface area contributed by atoms with Gasteiger partial charge in [-0.25, -0.2) is 0 Å². The van der Waals surface area contributed by atoms with Crippen LogP contribution in [0.2, 0.25) is 0 Å². The highest BCUT2D eigenvalue weighted by atomic mass is 16.3. The van der Waals surface area contributed by atoms with Gasteiger partial charge in [-0.3, -0.25) is 4.79 Å². The summed E-state index contributed by atoms with van der Waals surface area (Å²) in [7, 11) is 0. The standard InChI is InChI=1S/C16H18O2/c1-3-16(4-2,13-9-6-5-7-10-13)15(17)14-11-8-12-18-14/h5-12H,3-4H2,1-2H3. The average Bonchev–Trinajstić information content (AvgIpc) is 2.96. The average molecular weight is 242 g/mol. The maximum Gasteiger partial charge on any atom is 0.208 e. The van der Waals surface area contributed by atoms with Crippen molar-refractivity contribution in [3.63, 3.8) is 0 Å². The van der Waals surface area contributed by atoms with E-state index in [9.17, 15) is 4.79 Å². The van der Waals surface area contributed by atoms with Crippen LogP contribution in [-0.2, 0) is 5.41 Å². The normalized spacial score (nSPS) is 11.4. The Balaban J connectivity index is 2.48. The van der Waals surface area contributed by atoms with Crippen LogP contribution in [0.1, 0.15) is 42.8 Å². The van der Waals surface area contributed by atoms with Crippen molar-refractivity contribution in [3.8, 4) is 0 Å². The summed E-state index contributed by atoms with van der Waals surface area (Å²) in [6.45, 7) is 4.11. The summed E-state index contributed by atoms with van der Waals surface area (Å²) in [5, 5.41) is 0. The highest BCUT2D eigenvalue weighted by Crippen LogP contribution is 2.35. The van der Waals surface area contributed by atoms with E-state index in [-0.39, 0.29) is 5.78 Å². The van der Waals surface area contributed by atoms with Gasteiger partial charge in [0.2, 0.25) is 5.78 Å². The van der Waals surface area contributed by atoms with Gasteiger partial charge in [-0.15, -0.1) is 0 Å². The first-order valence-electron chi connectivity index (χ1n) is 6.38.